The highest BCUT2D eigenvalue weighted by atomic mass is 16.3. The molecule has 1 atom stereocenters. The van der Waals surface area contributed by atoms with Crippen LogP contribution in [-0.2, 0) is 17.8 Å². The van der Waals surface area contributed by atoms with E-state index in [1.807, 2.05) is 11.0 Å². The first-order valence-electron chi connectivity index (χ1n) is 13.1. The van der Waals surface area contributed by atoms with Crippen LogP contribution in [0.5, 0.6) is 0 Å². The van der Waals surface area contributed by atoms with Crippen molar-refractivity contribution in [3.05, 3.63) is 47.2 Å². The van der Waals surface area contributed by atoms with Crippen molar-refractivity contribution in [3.8, 4) is 0 Å². The zero-order chi connectivity index (χ0) is 25.8. The van der Waals surface area contributed by atoms with Gasteiger partial charge in [0, 0.05) is 78.4 Å². The number of carbonyl (C=O) groups excluding carboxylic acids is 2. The Bertz CT molecular complexity index is 1120. The predicted molar refractivity (Wildman–Crippen MR) is 141 cm³/mol. The van der Waals surface area contributed by atoms with Crippen LogP contribution in [0, 0.1) is 0 Å². The van der Waals surface area contributed by atoms with Crippen LogP contribution in [-0.4, -0.2) is 108 Å². The van der Waals surface area contributed by atoms with Crippen molar-refractivity contribution in [2.75, 3.05) is 69.1 Å². The van der Waals surface area contributed by atoms with Gasteiger partial charge in [0.1, 0.15) is 11.5 Å². The van der Waals surface area contributed by atoms with Gasteiger partial charge in [0.2, 0.25) is 11.9 Å². The molecule has 5 rings (SSSR count). The third-order valence-electron chi connectivity index (χ3n) is 7.27. The van der Waals surface area contributed by atoms with Crippen LogP contribution in [0.15, 0.2) is 30.3 Å². The fraction of sp³-hybridized carbons (Fsp3) is 0.538. The van der Waals surface area contributed by atoms with Crippen molar-refractivity contribution in [2.45, 2.75) is 32.0 Å². The summed E-state index contributed by atoms with van der Waals surface area (Å²) in [6, 6.07) is 10.3. The minimum Gasteiger partial charge on any atom is -0.390 e. The molecule has 0 spiro atoms. The standard InChI is InChI=1S/C26H36N8O3/c1-18(35)33-8-10-34(11-9-33)26-30-23(12-24(31-26)29-21-13-27-14-21)25(37)28-15-22(36)17-32-7-6-19-4-2-3-5-20(19)16-32/h2-5,12,21-22,27,36H,6-11,13-17H2,1H3,(H,28,37)(H,29,30,31). The highest BCUT2D eigenvalue weighted by Crippen LogP contribution is 2.19. The Balaban J connectivity index is 1.20. The van der Waals surface area contributed by atoms with Crippen LogP contribution in [0.3, 0.4) is 0 Å². The lowest BCUT2D eigenvalue weighted by Gasteiger charge is -2.34. The van der Waals surface area contributed by atoms with E-state index >= 15 is 0 Å². The molecule has 1 unspecified atom stereocenters. The normalized spacial score (nSPS) is 19.1. The van der Waals surface area contributed by atoms with Gasteiger partial charge in [-0.25, -0.2) is 4.98 Å². The minimum atomic E-state index is -0.686. The molecular weight excluding hydrogens is 472 g/mol. The quantitative estimate of drug-likeness (QED) is 0.380. The van der Waals surface area contributed by atoms with Crippen LogP contribution < -0.4 is 20.9 Å². The number of aliphatic hydroxyl groups excluding tert-OH is 1. The molecular formula is C26H36N8O3. The summed E-state index contributed by atoms with van der Waals surface area (Å²) in [5, 5.41) is 20.1. The SMILES string of the molecule is CC(=O)N1CCN(c2nc(NC3CNC3)cc(C(=O)NCC(O)CN3CCc4ccccc4C3)n2)CC1. The number of β-amino-alcohol motifs (C(OH)–C–C–N with tert-alkyl or cyclic N) is 1. The molecule has 0 saturated carbocycles. The number of aliphatic hydroxyl groups is 1. The van der Waals surface area contributed by atoms with Crippen molar-refractivity contribution in [1.29, 1.82) is 0 Å². The van der Waals surface area contributed by atoms with E-state index in [0.717, 1.165) is 32.6 Å². The summed E-state index contributed by atoms with van der Waals surface area (Å²) in [5.41, 5.74) is 2.92. The lowest BCUT2D eigenvalue weighted by atomic mass is 10.00. The van der Waals surface area contributed by atoms with Crippen LogP contribution in [0.1, 0.15) is 28.5 Å². The summed E-state index contributed by atoms with van der Waals surface area (Å²) in [6.07, 6.45) is 0.278. The van der Waals surface area contributed by atoms with E-state index in [2.05, 4.69) is 49.0 Å². The summed E-state index contributed by atoms with van der Waals surface area (Å²) in [6.45, 7) is 7.97. The molecule has 198 valence electrons. The van der Waals surface area contributed by atoms with Gasteiger partial charge >= 0.3 is 0 Å². The molecule has 3 aliphatic rings. The average Bonchev–Trinajstić information content (AvgIpc) is 2.89. The van der Waals surface area contributed by atoms with Crippen molar-refractivity contribution >= 4 is 23.6 Å². The molecule has 4 N–H and O–H groups in total. The van der Waals surface area contributed by atoms with E-state index in [1.165, 1.54) is 11.1 Å². The number of fused-ring (bicyclic) bond motifs is 1. The second-order valence-electron chi connectivity index (χ2n) is 10.0. The number of nitrogens with one attached hydrogen (secondary N) is 3. The lowest BCUT2D eigenvalue weighted by molar-refractivity contribution is -0.129. The minimum absolute atomic E-state index is 0.0563. The summed E-state index contributed by atoms with van der Waals surface area (Å²) in [7, 11) is 0. The Morgan fingerprint density at radius 2 is 1.86 bits per heavy atom. The van der Waals surface area contributed by atoms with E-state index in [4.69, 9.17) is 0 Å². The first-order valence-corrected chi connectivity index (χ1v) is 13.1. The Kier molecular flexibility index (Phi) is 7.82. The molecule has 1 aromatic carbocycles. The van der Waals surface area contributed by atoms with E-state index in [9.17, 15) is 14.7 Å². The fourth-order valence-electron chi connectivity index (χ4n) is 4.96. The van der Waals surface area contributed by atoms with Crippen LogP contribution in [0.4, 0.5) is 11.8 Å². The molecule has 2 amide bonds. The van der Waals surface area contributed by atoms with Crippen molar-refractivity contribution in [2.24, 2.45) is 0 Å². The second-order valence-corrected chi connectivity index (χ2v) is 10.0. The monoisotopic (exact) mass is 508 g/mol. The topological polar surface area (TPSA) is 126 Å². The zero-order valence-electron chi connectivity index (χ0n) is 21.3. The lowest BCUT2D eigenvalue weighted by Crippen LogP contribution is -2.51. The van der Waals surface area contributed by atoms with Gasteiger partial charge in [-0.1, -0.05) is 24.3 Å². The molecule has 2 aromatic rings. The number of hydrogen-bond acceptors (Lipinski definition) is 9. The van der Waals surface area contributed by atoms with Gasteiger partial charge in [0.15, 0.2) is 0 Å². The summed E-state index contributed by atoms with van der Waals surface area (Å²) < 4.78 is 0. The van der Waals surface area contributed by atoms with Crippen LogP contribution in [0.2, 0.25) is 0 Å². The third kappa shape index (κ3) is 6.35. The van der Waals surface area contributed by atoms with E-state index in [-0.39, 0.29) is 30.1 Å². The van der Waals surface area contributed by atoms with Gasteiger partial charge in [-0.3, -0.25) is 14.5 Å². The molecule has 37 heavy (non-hydrogen) atoms. The Morgan fingerprint density at radius 3 is 2.57 bits per heavy atom. The smallest absolute Gasteiger partial charge is 0.270 e. The zero-order valence-corrected chi connectivity index (χ0v) is 21.3. The maximum atomic E-state index is 13.1. The number of piperazine rings is 1. The van der Waals surface area contributed by atoms with Crippen molar-refractivity contribution < 1.29 is 14.7 Å². The first-order chi connectivity index (χ1) is 17.9. The number of anilines is 2. The van der Waals surface area contributed by atoms with Crippen molar-refractivity contribution in [3.63, 3.8) is 0 Å². The van der Waals surface area contributed by atoms with E-state index < -0.39 is 6.10 Å². The summed E-state index contributed by atoms with van der Waals surface area (Å²) in [5.74, 6) is 0.783. The number of amides is 2. The summed E-state index contributed by atoms with van der Waals surface area (Å²) >= 11 is 0. The highest BCUT2D eigenvalue weighted by molar-refractivity contribution is 5.93. The Hall–Kier alpha value is -3.28. The number of nitrogens with zero attached hydrogens (tertiary/aromatic N) is 5. The van der Waals surface area contributed by atoms with Gasteiger partial charge in [0.25, 0.3) is 5.91 Å². The molecule has 0 radical (unpaired) electrons. The Labute approximate surface area is 217 Å². The first kappa shape index (κ1) is 25.4. The number of carbonyl (C=O) groups is 2. The molecule has 1 aromatic heterocycles. The fourth-order valence-corrected chi connectivity index (χ4v) is 4.96. The highest BCUT2D eigenvalue weighted by Gasteiger charge is 2.25. The van der Waals surface area contributed by atoms with Crippen LogP contribution >= 0.6 is 0 Å². The summed E-state index contributed by atoms with van der Waals surface area (Å²) in [4.78, 5) is 40.0. The predicted octanol–water partition coefficient (Wildman–Crippen LogP) is -0.322. The maximum Gasteiger partial charge on any atom is 0.270 e. The molecule has 2 saturated heterocycles. The molecule has 3 aliphatic heterocycles. The maximum absolute atomic E-state index is 13.1. The second kappa shape index (κ2) is 11.4. The van der Waals surface area contributed by atoms with Crippen LogP contribution in [0.25, 0.3) is 0 Å². The molecule has 0 aliphatic carbocycles. The molecule has 11 heteroatoms. The number of rotatable bonds is 8. The van der Waals surface area contributed by atoms with Gasteiger partial charge in [0.05, 0.1) is 12.1 Å². The average molecular weight is 509 g/mol. The van der Waals surface area contributed by atoms with Gasteiger partial charge in [-0.15, -0.1) is 0 Å². The Morgan fingerprint density at radius 1 is 1.11 bits per heavy atom. The van der Waals surface area contributed by atoms with Crippen molar-refractivity contribution in [1.82, 2.24) is 30.4 Å². The molecule has 2 fully saturated rings. The van der Waals surface area contributed by atoms with E-state index in [1.54, 1.807) is 17.9 Å². The molecule has 4 heterocycles. The molecule has 0 bridgehead atoms. The number of hydrogen-bond donors (Lipinski definition) is 4. The van der Waals surface area contributed by atoms with E-state index in [0.29, 0.717) is 44.5 Å². The van der Waals surface area contributed by atoms with Gasteiger partial charge < -0.3 is 30.9 Å². The van der Waals surface area contributed by atoms with Gasteiger partial charge in [-0.05, 0) is 17.5 Å². The third-order valence-corrected chi connectivity index (χ3v) is 7.27. The number of aromatic nitrogens is 2. The van der Waals surface area contributed by atoms with Gasteiger partial charge in [-0.2, -0.15) is 4.98 Å². The molecule has 11 nitrogen and oxygen atoms in total. The number of benzene rings is 1. The largest absolute Gasteiger partial charge is 0.390 e.